The smallest absolute Gasteiger partial charge is 0.0223 e. The predicted octanol–water partition coefficient (Wildman–Crippen LogP) is 6.90. The van der Waals surface area contributed by atoms with Crippen LogP contribution in [0, 0.1) is 24.7 Å². The fourth-order valence-corrected chi connectivity index (χ4v) is 1.80. The van der Waals surface area contributed by atoms with E-state index in [1.54, 1.807) is 11.5 Å². The van der Waals surface area contributed by atoms with Gasteiger partial charge < -0.3 is 5.48 Å². The summed E-state index contributed by atoms with van der Waals surface area (Å²) < 4.78 is 0. The van der Waals surface area contributed by atoms with E-state index in [9.17, 15) is 0 Å². The minimum atomic E-state index is 0. The number of hydrogen-bond donors (Lipinski definition) is 0. The van der Waals surface area contributed by atoms with Crippen molar-refractivity contribution in [2.24, 2.45) is 0 Å². The van der Waals surface area contributed by atoms with E-state index in [1.807, 2.05) is 13.8 Å². The summed E-state index contributed by atoms with van der Waals surface area (Å²) in [4.78, 5) is 0. The van der Waals surface area contributed by atoms with Crippen LogP contribution in [0.1, 0.15) is 94.3 Å². The highest BCUT2D eigenvalue weighted by Crippen LogP contribution is 2.38. The molecule has 2 aliphatic carbocycles. The Morgan fingerprint density at radius 2 is 1.52 bits per heavy atom. The molecule has 0 unspecified atom stereocenters. The monoisotopic (exact) mass is 322 g/mol. The maximum atomic E-state index is 5.15. The van der Waals surface area contributed by atoms with Crippen molar-refractivity contribution in [2.45, 2.75) is 92.9 Å². The standard InChI is InChI=1S/C11H15.C6H9.C3H8.C2H6.H2O.H2/c1-3-5-6-8-11-9-10(11)7-4-2;1-2-3-6-4-5-6;1-3-2;1-2;;/h1,9H,4-8H2,2H3;4-5H,2-3H2,1H3;3H2,1-2H3;1-2H3;1H2;1H. The van der Waals surface area contributed by atoms with E-state index in [2.05, 4.69) is 52.2 Å². The zero-order valence-corrected chi connectivity index (χ0v) is 16.5. The fraction of sp³-hybridized carbons (Fsp3) is 0.636. The van der Waals surface area contributed by atoms with Gasteiger partial charge in [-0.15, -0.1) is 12.3 Å². The van der Waals surface area contributed by atoms with Crippen molar-refractivity contribution >= 4 is 0 Å². The quantitative estimate of drug-likeness (QED) is 0.360. The topological polar surface area (TPSA) is 31.5 Å². The SMILES string of the molecule is C#CCCC[C]1C=C1CCC.CC.CCC.CCCC1=C[CH]1.O.[HH]. The van der Waals surface area contributed by atoms with Crippen LogP contribution in [0.2, 0.25) is 0 Å². The van der Waals surface area contributed by atoms with Gasteiger partial charge in [0.2, 0.25) is 0 Å². The number of unbranched alkanes of at least 4 members (excludes halogenated alkanes) is 1. The van der Waals surface area contributed by atoms with Crippen molar-refractivity contribution < 1.29 is 6.90 Å². The lowest BCUT2D eigenvalue weighted by atomic mass is 10.1. The summed E-state index contributed by atoms with van der Waals surface area (Å²) in [6.07, 6.45) is 21.5. The van der Waals surface area contributed by atoms with Crippen molar-refractivity contribution in [3.05, 3.63) is 35.6 Å². The Balaban J connectivity index is -0.000000132. The first-order chi connectivity index (χ1) is 10.7. The van der Waals surface area contributed by atoms with Crippen molar-refractivity contribution in [1.82, 2.24) is 0 Å². The minimum absolute atomic E-state index is 0. The molecule has 0 atom stereocenters. The van der Waals surface area contributed by atoms with E-state index in [1.165, 1.54) is 44.1 Å². The highest BCUT2D eigenvalue weighted by atomic mass is 16.0. The van der Waals surface area contributed by atoms with Gasteiger partial charge in [-0.2, -0.15) is 0 Å². The Morgan fingerprint density at radius 1 is 1.00 bits per heavy atom. The normalized spacial score (nSPS) is 13.1. The van der Waals surface area contributed by atoms with Crippen LogP contribution >= 0.6 is 0 Å². The largest absolute Gasteiger partial charge is 0.412 e. The summed E-state index contributed by atoms with van der Waals surface area (Å²) >= 11 is 0. The zero-order chi connectivity index (χ0) is 17.2. The average molecular weight is 323 g/mol. The molecular formula is C22H42O. The van der Waals surface area contributed by atoms with Crippen molar-refractivity contribution in [3.8, 4) is 12.3 Å². The van der Waals surface area contributed by atoms with Crippen LogP contribution in [0.3, 0.4) is 0 Å². The third-order valence-corrected chi connectivity index (χ3v) is 2.91. The van der Waals surface area contributed by atoms with Gasteiger partial charge in [-0.1, -0.05) is 84.1 Å². The first kappa shape index (κ1) is 26.9. The molecular weight excluding hydrogens is 280 g/mol. The Labute approximate surface area is 148 Å². The first-order valence-corrected chi connectivity index (χ1v) is 9.27. The molecule has 0 aromatic rings. The van der Waals surface area contributed by atoms with Crippen LogP contribution in [0.4, 0.5) is 0 Å². The molecule has 0 bridgehead atoms. The zero-order valence-electron chi connectivity index (χ0n) is 16.5. The predicted molar refractivity (Wildman–Crippen MR) is 109 cm³/mol. The molecule has 2 N–H and O–H groups in total. The van der Waals surface area contributed by atoms with E-state index in [0.29, 0.717) is 0 Å². The van der Waals surface area contributed by atoms with Gasteiger partial charge in [0.15, 0.2) is 0 Å². The highest BCUT2D eigenvalue weighted by molar-refractivity contribution is 5.50. The van der Waals surface area contributed by atoms with Gasteiger partial charge in [0.1, 0.15) is 0 Å². The van der Waals surface area contributed by atoms with Gasteiger partial charge in [0.05, 0.1) is 0 Å². The lowest BCUT2D eigenvalue weighted by Gasteiger charge is -1.95. The van der Waals surface area contributed by atoms with Crippen LogP contribution in [0.15, 0.2) is 23.3 Å². The van der Waals surface area contributed by atoms with Crippen LogP contribution in [0.5, 0.6) is 0 Å². The van der Waals surface area contributed by atoms with E-state index in [-0.39, 0.29) is 6.90 Å². The summed E-state index contributed by atoms with van der Waals surface area (Å²) in [7, 11) is 0. The molecule has 2 radical (unpaired) electrons. The molecule has 0 saturated carbocycles. The summed E-state index contributed by atoms with van der Waals surface area (Å²) in [5.41, 5.74) is 3.13. The molecule has 0 aromatic carbocycles. The lowest BCUT2D eigenvalue weighted by molar-refractivity contribution is 0.819. The average Bonchev–Trinajstić information content (AvgIpc) is 3.43. The molecule has 0 saturated heterocycles. The van der Waals surface area contributed by atoms with Gasteiger partial charge in [-0.3, -0.25) is 0 Å². The Morgan fingerprint density at radius 3 is 1.87 bits per heavy atom. The number of allylic oxidation sites excluding steroid dienone is 4. The lowest BCUT2D eigenvalue weighted by Crippen LogP contribution is -1.80. The van der Waals surface area contributed by atoms with Gasteiger partial charge in [0.25, 0.3) is 0 Å². The first-order valence-electron chi connectivity index (χ1n) is 9.27. The molecule has 0 spiro atoms. The summed E-state index contributed by atoms with van der Waals surface area (Å²) in [6, 6.07) is 0. The number of hydrogen-bond acceptors (Lipinski definition) is 0. The van der Waals surface area contributed by atoms with E-state index >= 15 is 0 Å². The molecule has 0 amide bonds. The molecule has 0 heterocycles. The van der Waals surface area contributed by atoms with Crippen LogP contribution in [-0.4, -0.2) is 5.48 Å². The Bertz CT molecular complexity index is 336. The molecule has 136 valence electrons. The Kier molecular flexibility index (Phi) is 24.5. The number of rotatable bonds is 7. The molecule has 1 nitrogen and oxygen atoms in total. The van der Waals surface area contributed by atoms with Gasteiger partial charge in [-0.05, 0) is 25.7 Å². The Hall–Kier alpha value is -1.00. The van der Waals surface area contributed by atoms with Crippen LogP contribution in [0.25, 0.3) is 0 Å². The minimum Gasteiger partial charge on any atom is -0.412 e. The highest BCUT2D eigenvalue weighted by Gasteiger charge is 2.22. The third kappa shape index (κ3) is 21.0. The van der Waals surface area contributed by atoms with E-state index < -0.39 is 0 Å². The fourth-order valence-electron chi connectivity index (χ4n) is 1.80. The van der Waals surface area contributed by atoms with Gasteiger partial charge in [0, 0.05) is 20.2 Å². The maximum absolute atomic E-state index is 5.15. The van der Waals surface area contributed by atoms with E-state index in [0.717, 1.165) is 12.8 Å². The third-order valence-electron chi connectivity index (χ3n) is 2.91. The second kappa shape index (κ2) is 21.0. The van der Waals surface area contributed by atoms with Gasteiger partial charge >= 0.3 is 0 Å². The molecule has 0 aromatic heterocycles. The molecule has 1 heteroatoms. The second-order valence-corrected chi connectivity index (χ2v) is 5.37. The van der Waals surface area contributed by atoms with Gasteiger partial charge in [-0.25, -0.2) is 0 Å². The number of terminal acetylenes is 1. The van der Waals surface area contributed by atoms with Crippen molar-refractivity contribution in [1.29, 1.82) is 0 Å². The summed E-state index contributed by atoms with van der Waals surface area (Å²) in [5.74, 6) is 4.23. The van der Waals surface area contributed by atoms with Crippen molar-refractivity contribution in [3.63, 3.8) is 0 Å². The summed E-state index contributed by atoms with van der Waals surface area (Å²) in [5, 5.41) is 0. The van der Waals surface area contributed by atoms with E-state index in [4.69, 9.17) is 6.42 Å². The molecule has 0 fully saturated rings. The molecule has 2 aliphatic rings. The second-order valence-electron chi connectivity index (χ2n) is 5.37. The molecule has 0 aliphatic heterocycles. The summed E-state index contributed by atoms with van der Waals surface area (Å²) in [6.45, 7) is 12.7. The molecule has 2 rings (SSSR count). The van der Waals surface area contributed by atoms with Crippen LogP contribution < -0.4 is 0 Å². The maximum Gasteiger partial charge on any atom is 0.0223 e. The van der Waals surface area contributed by atoms with Crippen LogP contribution in [-0.2, 0) is 0 Å². The van der Waals surface area contributed by atoms with Crippen molar-refractivity contribution in [2.75, 3.05) is 0 Å². The molecule has 23 heavy (non-hydrogen) atoms.